The van der Waals surface area contributed by atoms with Gasteiger partial charge >= 0.3 is 0 Å². The fourth-order valence-corrected chi connectivity index (χ4v) is 1.55. The molecule has 17 heavy (non-hydrogen) atoms. The van der Waals surface area contributed by atoms with Crippen LogP contribution in [0.1, 0.15) is 13.8 Å². The van der Waals surface area contributed by atoms with E-state index < -0.39 is 0 Å². The molecular weight excluding hydrogens is 214 g/mol. The summed E-state index contributed by atoms with van der Waals surface area (Å²) in [4.78, 5) is 12.9. The molecule has 0 unspecified atom stereocenters. The molecule has 1 rings (SSSR count). The molecule has 0 radical (unpaired) electrons. The quantitative estimate of drug-likeness (QED) is 0.802. The summed E-state index contributed by atoms with van der Waals surface area (Å²) in [6.07, 6.45) is 1.71. The summed E-state index contributed by atoms with van der Waals surface area (Å²) >= 11 is 0. The predicted molar refractivity (Wildman–Crippen MR) is 72.0 cm³/mol. The maximum Gasteiger partial charge on any atom is 0.227 e. The summed E-state index contributed by atoms with van der Waals surface area (Å²) < 4.78 is 0. The van der Waals surface area contributed by atoms with Crippen LogP contribution in [0.15, 0.2) is 12.3 Å². The number of likely N-dealkylation sites (N-methyl/N-ethyl adjacent to an activating group) is 1. The van der Waals surface area contributed by atoms with Crippen LogP contribution in [0.25, 0.3) is 0 Å². The highest BCUT2D eigenvalue weighted by Gasteiger charge is 2.11. The van der Waals surface area contributed by atoms with Crippen LogP contribution in [0.3, 0.4) is 0 Å². The minimum absolute atomic E-state index is 0.522. The molecule has 0 aliphatic carbocycles. The minimum Gasteiger partial charge on any atom is -0.384 e. The number of hydrogen-bond acceptors (Lipinski definition) is 5. The monoisotopic (exact) mass is 237 g/mol. The molecule has 96 valence electrons. The first kappa shape index (κ1) is 13.7. The van der Waals surface area contributed by atoms with Crippen LogP contribution in [0.4, 0.5) is 11.8 Å². The van der Waals surface area contributed by atoms with Gasteiger partial charge in [-0.3, -0.25) is 0 Å². The highest BCUT2D eigenvalue weighted by Crippen LogP contribution is 2.10. The van der Waals surface area contributed by atoms with Gasteiger partial charge in [-0.05, 0) is 26.1 Å². The summed E-state index contributed by atoms with van der Waals surface area (Å²) in [7, 11) is 4.13. The first-order chi connectivity index (χ1) is 7.99. The number of nitrogens with zero attached hydrogens (tertiary/aromatic N) is 4. The molecule has 0 aromatic carbocycles. The maximum absolute atomic E-state index is 5.69. The average molecular weight is 237 g/mol. The Morgan fingerprint density at radius 3 is 2.53 bits per heavy atom. The molecule has 1 heterocycles. The van der Waals surface area contributed by atoms with E-state index in [2.05, 4.69) is 47.7 Å². The molecule has 0 amide bonds. The molecule has 0 spiro atoms. The number of nitrogen functional groups attached to an aromatic ring is 1. The van der Waals surface area contributed by atoms with Crippen LogP contribution in [0, 0.1) is 5.92 Å². The molecule has 1 aromatic rings. The van der Waals surface area contributed by atoms with E-state index in [4.69, 9.17) is 5.73 Å². The van der Waals surface area contributed by atoms with Crippen LogP contribution in [-0.4, -0.2) is 48.6 Å². The topological polar surface area (TPSA) is 58.3 Å². The second-order valence-corrected chi connectivity index (χ2v) is 4.92. The van der Waals surface area contributed by atoms with Crippen molar-refractivity contribution in [1.29, 1.82) is 0 Å². The van der Waals surface area contributed by atoms with Crippen LogP contribution in [0.2, 0.25) is 0 Å². The van der Waals surface area contributed by atoms with Gasteiger partial charge in [0.15, 0.2) is 0 Å². The van der Waals surface area contributed by atoms with Gasteiger partial charge in [0.2, 0.25) is 5.95 Å². The second kappa shape index (κ2) is 6.39. The molecule has 2 N–H and O–H groups in total. The Balaban J connectivity index is 2.74. The normalized spacial score (nSPS) is 11.2. The third-order valence-corrected chi connectivity index (χ3v) is 2.35. The first-order valence-corrected chi connectivity index (χ1v) is 5.97. The van der Waals surface area contributed by atoms with Crippen molar-refractivity contribution in [3.8, 4) is 0 Å². The molecule has 5 heteroatoms. The highest BCUT2D eigenvalue weighted by molar-refractivity contribution is 5.37. The van der Waals surface area contributed by atoms with E-state index in [0.717, 1.165) is 25.6 Å². The average Bonchev–Trinajstić information content (AvgIpc) is 2.23. The van der Waals surface area contributed by atoms with Gasteiger partial charge in [0.1, 0.15) is 5.82 Å². The van der Waals surface area contributed by atoms with E-state index in [1.807, 2.05) is 0 Å². The molecule has 0 fully saturated rings. The molecule has 5 nitrogen and oxygen atoms in total. The molecule has 0 saturated carbocycles. The zero-order valence-electron chi connectivity index (χ0n) is 11.2. The number of aromatic nitrogens is 2. The Kier molecular flexibility index (Phi) is 5.15. The predicted octanol–water partition coefficient (Wildman–Crippen LogP) is 1.08. The minimum atomic E-state index is 0.522. The highest BCUT2D eigenvalue weighted by atomic mass is 15.3. The number of nitrogens with two attached hydrogens (primary N) is 1. The summed E-state index contributed by atoms with van der Waals surface area (Å²) in [6.45, 7) is 7.21. The molecule has 0 bridgehead atoms. The Morgan fingerprint density at radius 1 is 1.29 bits per heavy atom. The molecule has 0 atom stereocenters. The van der Waals surface area contributed by atoms with Crippen LogP contribution < -0.4 is 10.6 Å². The smallest absolute Gasteiger partial charge is 0.227 e. The molecule has 1 aromatic heterocycles. The lowest BCUT2D eigenvalue weighted by atomic mass is 10.2. The van der Waals surface area contributed by atoms with Crippen molar-refractivity contribution in [3.63, 3.8) is 0 Å². The third-order valence-electron chi connectivity index (χ3n) is 2.35. The fourth-order valence-electron chi connectivity index (χ4n) is 1.55. The summed E-state index contributed by atoms with van der Waals surface area (Å²) in [5.41, 5.74) is 5.69. The number of rotatable bonds is 6. The standard InChI is InChI=1S/C12H23N5/c1-10(2)9-17(8-7-16(3)4)12-14-6-5-11(13)15-12/h5-6,10H,7-9H2,1-4H3,(H2,13,14,15). The van der Waals surface area contributed by atoms with Crippen LogP contribution >= 0.6 is 0 Å². The van der Waals surface area contributed by atoms with Gasteiger partial charge in [0, 0.05) is 25.8 Å². The van der Waals surface area contributed by atoms with Crippen molar-refractivity contribution in [2.45, 2.75) is 13.8 Å². The number of hydrogen-bond donors (Lipinski definition) is 1. The summed E-state index contributed by atoms with van der Waals surface area (Å²) in [5.74, 6) is 1.82. The van der Waals surface area contributed by atoms with Crippen molar-refractivity contribution >= 4 is 11.8 Å². The first-order valence-electron chi connectivity index (χ1n) is 5.97. The molecule has 0 aliphatic heterocycles. The lowest BCUT2D eigenvalue weighted by Crippen LogP contribution is -2.35. The Morgan fingerprint density at radius 2 is 2.00 bits per heavy atom. The zero-order chi connectivity index (χ0) is 12.8. The van der Waals surface area contributed by atoms with Gasteiger partial charge in [0.05, 0.1) is 0 Å². The Labute approximate surface area is 104 Å². The van der Waals surface area contributed by atoms with Gasteiger partial charge in [-0.1, -0.05) is 13.8 Å². The summed E-state index contributed by atoms with van der Waals surface area (Å²) in [6, 6.07) is 1.71. The van der Waals surface area contributed by atoms with E-state index >= 15 is 0 Å². The van der Waals surface area contributed by atoms with Crippen molar-refractivity contribution in [1.82, 2.24) is 14.9 Å². The van der Waals surface area contributed by atoms with Crippen molar-refractivity contribution in [3.05, 3.63) is 12.3 Å². The van der Waals surface area contributed by atoms with E-state index in [0.29, 0.717) is 11.7 Å². The third kappa shape index (κ3) is 4.99. The van der Waals surface area contributed by atoms with Gasteiger partial charge < -0.3 is 15.5 Å². The van der Waals surface area contributed by atoms with Crippen molar-refractivity contribution in [2.24, 2.45) is 5.92 Å². The Hall–Kier alpha value is -1.36. The van der Waals surface area contributed by atoms with Crippen molar-refractivity contribution in [2.75, 3.05) is 44.4 Å². The van der Waals surface area contributed by atoms with Crippen LogP contribution in [-0.2, 0) is 0 Å². The van der Waals surface area contributed by atoms with E-state index in [9.17, 15) is 0 Å². The second-order valence-electron chi connectivity index (χ2n) is 4.92. The van der Waals surface area contributed by atoms with Gasteiger partial charge in [-0.15, -0.1) is 0 Å². The molecular formula is C12H23N5. The number of anilines is 2. The Bertz CT molecular complexity index is 337. The van der Waals surface area contributed by atoms with Crippen LogP contribution in [0.5, 0.6) is 0 Å². The van der Waals surface area contributed by atoms with E-state index in [1.165, 1.54) is 0 Å². The SMILES string of the molecule is CC(C)CN(CCN(C)C)c1nccc(N)n1. The lowest BCUT2D eigenvalue weighted by Gasteiger charge is -2.26. The zero-order valence-corrected chi connectivity index (χ0v) is 11.2. The fraction of sp³-hybridized carbons (Fsp3) is 0.667. The van der Waals surface area contributed by atoms with E-state index in [1.54, 1.807) is 12.3 Å². The van der Waals surface area contributed by atoms with E-state index in [-0.39, 0.29) is 0 Å². The molecule has 0 aliphatic rings. The maximum atomic E-state index is 5.69. The summed E-state index contributed by atoms with van der Waals surface area (Å²) in [5, 5.41) is 0. The largest absolute Gasteiger partial charge is 0.384 e. The van der Waals surface area contributed by atoms with Gasteiger partial charge in [0.25, 0.3) is 0 Å². The van der Waals surface area contributed by atoms with Gasteiger partial charge in [-0.2, -0.15) is 4.98 Å². The molecule has 0 saturated heterocycles. The van der Waals surface area contributed by atoms with Gasteiger partial charge in [-0.25, -0.2) is 4.98 Å². The lowest BCUT2D eigenvalue weighted by molar-refractivity contribution is 0.407. The van der Waals surface area contributed by atoms with Crippen molar-refractivity contribution < 1.29 is 0 Å².